The van der Waals surface area contributed by atoms with Gasteiger partial charge in [-0.25, -0.2) is 19.8 Å². The maximum atomic E-state index is 11.0. The molecule has 15 heavy (non-hydrogen) atoms. The molecule has 84 valence electrons. The van der Waals surface area contributed by atoms with Crippen LogP contribution in [-0.2, 0) is 14.2 Å². The van der Waals surface area contributed by atoms with Crippen LogP contribution < -0.4 is 5.43 Å². The summed E-state index contributed by atoms with van der Waals surface area (Å²) >= 11 is 0. The van der Waals surface area contributed by atoms with Gasteiger partial charge in [-0.15, -0.1) is 5.01 Å². The van der Waals surface area contributed by atoms with Crippen LogP contribution in [0.15, 0.2) is 12.8 Å². The van der Waals surface area contributed by atoms with Crippen LogP contribution in [0.2, 0.25) is 0 Å². The lowest BCUT2D eigenvalue weighted by Gasteiger charge is -2.16. The average Bonchev–Trinajstić information content (AvgIpc) is 2.24. The number of methoxy groups -OCH3 is 2. The van der Waals surface area contributed by atoms with Crippen LogP contribution in [-0.4, -0.2) is 37.5 Å². The van der Waals surface area contributed by atoms with E-state index in [-0.39, 0.29) is 5.01 Å². The summed E-state index contributed by atoms with van der Waals surface area (Å²) in [6.07, 6.45) is -2.51. The zero-order valence-electron chi connectivity index (χ0n) is 8.18. The minimum Gasteiger partial charge on any atom is -0.451 e. The highest BCUT2D eigenvalue weighted by atomic mass is 16.6. The lowest BCUT2D eigenvalue weighted by molar-refractivity contribution is 0.0759. The maximum Gasteiger partial charge on any atom is 0.438 e. The first-order valence-corrected chi connectivity index (χ1v) is 3.61. The second-order valence-corrected chi connectivity index (χ2v) is 1.96. The molecule has 0 unspecified atom stereocenters. The normalized spacial score (nSPS) is 8.40. The predicted molar refractivity (Wildman–Crippen MR) is 46.5 cm³/mol. The number of nitrogens with zero attached hydrogens (tertiary/aromatic N) is 1. The molecule has 0 aromatic heterocycles. The van der Waals surface area contributed by atoms with Crippen molar-refractivity contribution in [3.63, 3.8) is 0 Å². The van der Waals surface area contributed by atoms with Crippen molar-refractivity contribution in [1.29, 1.82) is 0 Å². The van der Waals surface area contributed by atoms with Gasteiger partial charge in [-0.2, -0.15) is 0 Å². The Morgan fingerprint density at radius 2 is 1.67 bits per heavy atom. The first-order chi connectivity index (χ1) is 7.06. The van der Waals surface area contributed by atoms with E-state index in [1.54, 1.807) is 5.43 Å². The summed E-state index contributed by atoms with van der Waals surface area (Å²) in [6.45, 7) is 3.10. The van der Waals surface area contributed by atoms with Crippen molar-refractivity contribution in [1.82, 2.24) is 10.4 Å². The van der Waals surface area contributed by atoms with Crippen molar-refractivity contribution >= 4 is 18.3 Å². The number of hydrogen-bond acceptors (Lipinski definition) is 6. The summed E-state index contributed by atoms with van der Waals surface area (Å²) in [4.78, 5) is 32.8. The molecule has 0 aliphatic rings. The van der Waals surface area contributed by atoms with Gasteiger partial charge < -0.3 is 14.2 Å². The minimum absolute atomic E-state index is 0.200. The Bertz CT molecular complexity index is 261. The Kier molecular flexibility index (Phi) is 5.31. The van der Waals surface area contributed by atoms with Crippen LogP contribution in [0.3, 0.4) is 0 Å². The van der Waals surface area contributed by atoms with Crippen molar-refractivity contribution in [2.24, 2.45) is 0 Å². The van der Waals surface area contributed by atoms with Gasteiger partial charge in [0.25, 0.3) is 0 Å². The number of imide groups is 1. The fourth-order valence-corrected chi connectivity index (χ4v) is 0.542. The van der Waals surface area contributed by atoms with Crippen molar-refractivity contribution in [3.8, 4) is 0 Å². The van der Waals surface area contributed by atoms with Crippen LogP contribution in [0.25, 0.3) is 0 Å². The Balaban J connectivity index is 4.50. The molecular weight excluding hydrogens is 208 g/mol. The summed E-state index contributed by atoms with van der Waals surface area (Å²) in [6, 6.07) is 0. The Labute approximate surface area is 85.3 Å². The van der Waals surface area contributed by atoms with E-state index < -0.39 is 18.3 Å². The van der Waals surface area contributed by atoms with Gasteiger partial charge in [0.1, 0.15) is 0 Å². The van der Waals surface area contributed by atoms with Gasteiger partial charge in [-0.3, -0.25) is 0 Å². The van der Waals surface area contributed by atoms with E-state index in [2.05, 4.69) is 20.8 Å². The maximum absolute atomic E-state index is 11.0. The van der Waals surface area contributed by atoms with E-state index in [1.165, 1.54) is 0 Å². The van der Waals surface area contributed by atoms with E-state index in [9.17, 15) is 14.4 Å². The summed E-state index contributed by atoms with van der Waals surface area (Å²) in [5.74, 6) is 0. The third-order valence-electron chi connectivity index (χ3n) is 1.11. The minimum atomic E-state index is -1.12. The average molecular weight is 218 g/mol. The van der Waals surface area contributed by atoms with Crippen molar-refractivity contribution in [2.45, 2.75) is 0 Å². The molecule has 8 heteroatoms. The molecule has 0 atom stereocenters. The molecule has 0 bridgehead atoms. The fourth-order valence-electron chi connectivity index (χ4n) is 0.542. The van der Waals surface area contributed by atoms with Crippen LogP contribution >= 0.6 is 0 Å². The van der Waals surface area contributed by atoms with E-state index in [0.29, 0.717) is 0 Å². The second-order valence-electron chi connectivity index (χ2n) is 1.96. The number of nitrogens with one attached hydrogen (secondary N) is 1. The summed E-state index contributed by atoms with van der Waals surface area (Å²) < 4.78 is 12.6. The van der Waals surface area contributed by atoms with Crippen molar-refractivity contribution in [2.75, 3.05) is 14.2 Å². The second kappa shape index (κ2) is 6.24. The van der Waals surface area contributed by atoms with E-state index in [1.807, 2.05) is 0 Å². The molecule has 3 amide bonds. The molecule has 0 aliphatic carbocycles. The molecule has 0 spiro atoms. The predicted octanol–water partition coefficient (Wildman–Crippen LogP) is 0.606. The highest BCUT2D eigenvalue weighted by Gasteiger charge is 2.25. The Hall–Kier alpha value is -2.25. The zero-order chi connectivity index (χ0) is 11.8. The van der Waals surface area contributed by atoms with Gasteiger partial charge in [-0.05, 0) is 0 Å². The number of amides is 3. The lowest BCUT2D eigenvalue weighted by Crippen LogP contribution is -2.49. The largest absolute Gasteiger partial charge is 0.451 e. The fraction of sp³-hybridized carbons (Fsp3) is 0.286. The van der Waals surface area contributed by atoms with Crippen LogP contribution in [0, 0.1) is 0 Å². The number of hydrazine groups is 1. The Morgan fingerprint density at radius 3 is 2.00 bits per heavy atom. The monoisotopic (exact) mass is 218 g/mol. The van der Waals surface area contributed by atoms with Gasteiger partial charge in [0.15, 0.2) is 0 Å². The van der Waals surface area contributed by atoms with Crippen LogP contribution in [0.4, 0.5) is 14.4 Å². The number of rotatable bonds is 1. The molecule has 0 heterocycles. The summed E-state index contributed by atoms with van der Waals surface area (Å²) in [5.41, 5.74) is 1.77. The molecular formula is C7H10N2O6. The molecule has 0 saturated heterocycles. The molecule has 8 nitrogen and oxygen atoms in total. The highest BCUT2D eigenvalue weighted by Crippen LogP contribution is 1.93. The topological polar surface area (TPSA) is 94.2 Å². The van der Waals surface area contributed by atoms with E-state index in [0.717, 1.165) is 20.5 Å². The van der Waals surface area contributed by atoms with Crippen molar-refractivity contribution in [3.05, 3.63) is 12.8 Å². The highest BCUT2D eigenvalue weighted by molar-refractivity contribution is 5.89. The zero-order valence-corrected chi connectivity index (χ0v) is 8.18. The number of carbonyl (C=O) groups excluding carboxylic acids is 3. The van der Waals surface area contributed by atoms with Gasteiger partial charge in [0.05, 0.1) is 20.5 Å². The SMILES string of the molecule is C=COC(=O)NN(C(=O)OC)C(=O)OC. The number of hydrogen-bond donors (Lipinski definition) is 1. The number of ether oxygens (including phenoxy) is 3. The molecule has 0 aliphatic heterocycles. The quantitative estimate of drug-likeness (QED) is 0.393. The van der Waals surface area contributed by atoms with E-state index in [4.69, 9.17) is 0 Å². The standard InChI is InChI=1S/C7H10N2O6/c1-4-15-5(10)8-9(6(11)13-2)7(12)14-3/h4H,1H2,2-3H3,(H,8,10). The third-order valence-corrected chi connectivity index (χ3v) is 1.11. The molecule has 0 saturated carbocycles. The van der Waals surface area contributed by atoms with Crippen LogP contribution in [0.1, 0.15) is 0 Å². The first-order valence-electron chi connectivity index (χ1n) is 3.61. The third kappa shape index (κ3) is 3.98. The summed E-state index contributed by atoms with van der Waals surface area (Å²) in [5, 5.41) is 0.200. The van der Waals surface area contributed by atoms with Gasteiger partial charge in [-0.1, -0.05) is 6.58 Å². The van der Waals surface area contributed by atoms with Gasteiger partial charge in [0.2, 0.25) is 0 Å². The first kappa shape index (κ1) is 12.8. The molecule has 0 fully saturated rings. The van der Waals surface area contributed by atoms with Crippen molar-refractivity contribution < 1.29 is 28.6 Å². The molecule has 1 N–H and O–H groups in total. The van der Waals surface area contributed by atoms with Gasteiger partial charge in [0, 0.05) is 0 Å². The van der Waals surface area contributed by atoms with E-state index >= 15 is 0 Å². The Morgan fingerprint density at radius 1 is 1.20 bits per heavy atom. The summed E-state index contributed by atoms with van der Waals surface area (Å²) in [7, 11) is 2.05. The lowest BCUT2D eigenvalue weighted by atomic mass is 10.9. The molecule has 0 rings (SSSR count). The number of carbonyl (C=O) groups is 3. The molecule has 0 aromatic rings. The van der Waals surface area contributed by atoms with Crippen LogP contribution in [0.5, 0.6) is 0 Å². The van der Waals surface area contributed by atoms with Gasteiger partial charge >= 0.3 is 18.3 Å². The molecule has 0 radical (unpaired) electrons. The smallest absolute Gasteiger partial charge is 0.438 e. The molecule has 0 aromatic carbocycles.